The second-order valence-corrected chi connectivity index (χ2v) is 6.57. The van der Waals surface area contributed by atoms with Crippen LogP contribution in [0, 0.1) is 17.2 Å². The molecule has 1 N–H and O–H groups in total. The molecule has 1 fully saturated rings. The topological polar surface area (TPSA) is 98.6 Å². The highest BCUT2D eigenvalue weighted by molar-refractivity contribution is 5.95. The number of aromatic amines is 1. The monoisotopic (exact) mass is 358 g/mol. The largest absolute Gasteiger partial charge is 0.297 e. The van der Waals surface area contributed by atoms with Crippen LogP contribution in [0.3, 0.4) is 0 Å². The Labute approximate surface area is 156 Å². The van der Waals surface area contributed by atoms with Crippen molar-refractivity contribution in [2.24, 2.45) is 5.92 Å². The van der Waals surface area contributed by atoms with Crippen LogP contribution < -0.4 is 4.90 Å². The highest BCUT2D eigenvalue weighted by Gasteiger charge is 2.30. The first-order valence-corrected chi connectivity index (χ1v) is 8.87. The maximum absolute atomic E-state index is 13.0. The quantitative estimate of drug-likeness (QED) is 0.773. The Balaban J connectivity index is 1.50. The number of aromatic nitrogens is 4. The lowest BCUT2D eigenvalue weighted by Crippen LogP contribution is -2.42. The summed E-state index contributed by atoms with van der Waals surface area (Å²) in [6.45, 7) is 0.679. The minimum atomic E-state index is -0.0961. The van der Waals surface area contributed by atoms with Gasteiger partial charge in [-0.15, -0.1) is 0 Å². The molecule has 0 bridgehead atoms. The van der Waals surface area contributed by atoms with E-state index in [1.807, 2.05) is 30.3 Å². The predicted molar refractivity (Wildman–Crippen MR) is 99.6 cm³/mol. The predicted octanol–water partition coefficient (Wildman–Crippen LogP) is 2.72. The number of nitrogens with one attached hydrogen (secondary N) is 1. The minimum Gasteiger partial charge on any atom is -0.297 e. The maximum atomic E-state index is 13.0. The van der Waals surface area contributed by atoms with Gasteiger partial charge in [0.2, 0.25) is 5.91 Å². The van der Waals surface area contributed by atoms with Gasteiger partial charge in [-0.3, -0.25) is 19.8 Å². The zero-order valence-corrected chi connectivity index (χ0v) is 14.7. The molecule has 3 aromatic rings. The molecule has 1 amide bonds. The molecule has 7 nitrogen and oxygen atoms in total. The number of nitriles is 1. The van der Waals surface area contributed by atoms with E-state index in [-0.39, 0.29) is 11.8 Å². The summed E-state index contributed by atoms with van der Waals surface area (Å²) in [5, 5.41) is 16.2. The van der Waals surface area contributed by atoms with Gasteiger partial charge < -0.3 is 0 Å². The third kappa shape index (κ3) is 3.55. The van der Waals surface area contributed by atoms with Crippen LogP contribution in [0.1, 0.15) is 24.1 Å². The Kier molecular flexibility index (Phi) is 4.62. The number of amides is 1. The number of hydrogen-bond donors (Lipinski definition) is 1. The average molecular weight is 358 g/mol. The van der Waals surface area contributed by atoms with Gasteiger partial charge in [0.25, 0.3) is 0 Å². The van der Waals surface area contributed by atoms with E-state index in [1.165, 1.54) is 0 Å². The summed E-state index contributed by atoms with van der Waals surface area (Å²) in [6, 6.07) is 11.2. The van der Waals surface area contributed by atoms with Crippen molar-refractivity contribution in [3.8, 4) is 17.3 Å². The molecule has 1 aliphatic rings. The molecule has 4 heterocycles. The van der Waals surface area contributed by atoms with Crippen LogP contribution in [-0.2, 0) is 11.2 Å². The van der Waals surface area contributed by atoms with Crippen LogP contribution in [0.5, 0.6) is 0 Å². The smallest absolute Gasteiger partial charge is 0.231 e. The zero-order chi connectivity index (χ0) is 18.6. The van der Waals surface area contributed by atoms with E-state index in [9.17, 15) is 4.79 Å². The maximum Gasteiger partial charge on any atom is 0.231 e. The number of hydrogen-bond acceptors (Lipinski definition) is 5. The van der Waals surface area contributed by atoms with Gasteiger partial charge in [-0.1, -0.05) is 6.07 Å². The van der Waals surface area contributed by atoms with Gasteiger partial charge in [0.05, 0.1) is 5.69 Å². The number of H-pyrrole nitrogens is 1. The van der Waals surface area contributed by atoms with Gasteiger partial charge in [-0.05, 0) is 43.0 Å². The summed E-state index contributed by atoms with van der Waals surface area (Å²) in [5.41, 5.74) is 3.10. The van der Waals surface area contributed by atoms with E-state index in [4.69, 9.17) is 5.26 Å². The van der Waals surface area contributed by atoms with E-state index in [0.717, 1.165) is 35.5 Å². The molecule has 4 rings (SSSR count). The van der Waals surface area contributed by atoms with Crippen LogP contribution in [0.4, 0.5) is 5.82 Å². The fourth-order valence-corrected chi connectivity index (χ4v) is 3.39. The van der Waals surface area contributed by atoms with Crippen molar-refractivity contribution >= 4 is 11.7 Å². The van der Waals surface area contributed by atoms with Gasteiger partial charge >= 0.3 is 0 Å². The number of rotatable bonds is 4. The molecule has 0 saturated carbocycles. The third-order valence-corrected chi connectivity index (χ3v) is 4.80. The highest BCUT2D eigenvalue weighted by Crippen LogP contribution is 2.28. The molecule has 1 aliphatic heterocycles. The average Bonchev–Trinajstić information content (AvgIpc) is 3.21. The summed E-state index contributed by atoms with van der Waals surface area (Å²) < 4.78 is 0. The van der Waals surface area contributed by atoms with Crippen molar-refractivity contribution in [2.75, 3.05) is 11.4 Å². The molecule has 7 heteroatoms. The highest BCUT2D eigenvalue weighted by atomic mass is 16.2. The zero-order valence-electron chi connectivity index (χ0n) is 14.7. The molecule has 1 unspecified atom stereocenters. The molecule has 1 atom stereocenters. The summed E-state index contributed by atoms with van der Waals surface area (Å²) in [6.07, 6.45) is 7.53. The Bertz CT molecular complexity index is 974. The molecule has 0 spiro atoms. The van der Waals surface area contributed by atoms with Gasteiger partial charge in [-0.25, -0.2) is 4.98 Å². The lowest BCUT2D eigenvalue weighted by Gasteiger charge is -2.31. The number of nitrogens with zero attached hydrogens (tertiary/aromatic N) is 5. The molecule has 0 radical (unpaired) electrons. The second-order valence-electron chi connectivity index (χ2n) is 6.57. The van der Waals surface area contributed by atoms with Gasteiger partial charge in [0, 0.05) is 42.7 Å². The number of carbonyl (C=O) groups excluding carboxylic acids is 1. The molecule has 0 aromatic carbocycles. The van der Waals surface area contributed by atoms with Crippen LogP contribution in [0.25, 0.3) is 11.3 Å². The van der Waals surface area contributed by atoms with Crippen molar-refractivity contribution in [3.63, 3.8) is 0 Å². The first kappa shape index (κ1) is 16.9. The van der Waals surface area contributed by atoms with Gasteiger partial charge in [0.15, 0.2) is 0 Å². The normalized spacial score (nSPS) is 16.9. The summed E-state index contributed by atoms with van der Waals surface area (Å²) in [5.74, 6) is 0.714. The Morgan fingerprint density at radius 2 is 2.11 bits per heavy atom. The fraction of sp³-hybridized carbons (Fsp3) is 0.250. The lowest BCUT2D eigenvalue weighted by molar-refractivity contribution is -0.123. The van der Waals surface area contributed by atoms with Crippen LogP contribution in [0.2, 0.25) is 0 Å². The van der Waals surface area contributed by atoms with E-state index in [2.05, 4.69) is 20.2 Å². The third-order valence-electron chi connectivity index (χ3n) is 4.80. The minimum absolute atomic E-state index is 0.0931. The molecule has 3 aromatic heterocycles. The molecule has 0 aliphatic carbocycles. The van der Waals surface area contributed by atoms with Crippen molar-refractivity contribution < 1.29 is 4.79 Å². The molecular formula is C20H18N6O. The van der Waals surface area contributed by atoms with Crippen LogP contribution in [-0.4, -0.2) is 32.6 Å². The number of carbonyl (C=O) groups is 1. The summed E-state index contributed by atoms with van der Waals surface area (Å²) in [4.78, 5) is 22.9. The summed E-state index contributed by atoms with van der Waals surface area (Å²) in [7, 11) is 0. The Morgan fingerprint density at radius 1 is 1.26 bits per heavy atom. The number of anilines is 1. The number of piperidine rings is 1. The lowest BCUT2D eigenvalue weighted by atomic mass is 9.91. The van der Waals surface area contributed by atoms with E-state index >= 15 is 0 Å². The van der Waals surface area contributed by atoms with Gasteiger partial charge in [0.1, 0.15) is 17.6 Å². The van der Waals surface area contributed by atoms with E-state index in [0.29, 0.717) is 18.7 Å². The SMILES string of the molecule is N#Cc1ccc(CC2CCCN(c3cc(-c4ccncc4)n[nH]3)C2=O)cn1. The van der Waals surface area contributed by atoms with Crippen molar-refractivity contribution in [1.82, 2.24) is 20.2 Å². The fourth-order valence-electron chi connectivity index (χ4n) is 3.39. The molecular weight excluding hydrogens is 340 g/mol. The van der Waals surface area contributed by atoms with Crippen LogP contribution >= 0.6 is 0 Å². The van der Waals surface area contributed by atoms with Crippen molar-refractivity contribution in [3.05, 3.63) is 60.2 Å². The standard InChI is InChI=1S/C20H18N6O/c21-12-17-4-3-14(13-23-17)10-16-2-1-9-26(20(16)27)19-11-18(24-25-19)15-5-7-22-8-6-15/h3-8,11,13,16H,1-2,9-10H2,(H,24,25). The first-order chi connectivity index (χ1) is 13.2. The second kappa shape index (κ2) is 7.38. The van der Waals surface area contributed by atoms with Crippen molar-refractivity contribution in [1.29, 1.82) is 5.26 Å². The first-order valence-electron chi connectivity index (χ1n) is 8.87. The molecule has 27 heavy (non-hydrogen) atoms. The number of pyridine rings is 2. The Hall–Kier alpha value is -3.53. The van der Waals surface area contributed by atoms with E-state index in [1.54, 1.807) is 29.6 Å². The van der Waals surface area contributed by atoms with E-state index < -0.39 is 0 Å². The molecule has 1 saturated heterocycles. The Morgan fingerprint density at radius 3 is 2.85 bits per heavy atom. The van der Waals surface area contributed by atoms with Crippen LogP contribution in [0.15, 0.2) is 48.9 Å². The molecule has 134 valence electrons. The summed E-state index contributed by atoms with van der Waals surface area (Å²) >= 11 is 0. The van der Waals surface area contributed by atoms with Gasteiger partial charge in [-0.2, -0.15) is 10.4 Å². The van der Waals surface area contributed by atoms with Crippen molar-refractivity contribution in [2.45, 2.75) is 19.3 Å².